The molecule has 1 fully saturated rings. The van der Waals surface area contributed by atoms with Crippen LogP contribution >= 0.6 is 11.6 Å². The van der Waals surface area contributed by atoms with Crippen molar-refractivity contribution in [2.75, 3.05) is 11.9 Å². The third-order valence-electron chi connectivity index (χ3n) is 6.29. The zero-order valence-electron chi connectivity index (χ0n) is 17.8. The van der Waals surface area contributed by atoms with Crippen molar-refractivity contribution < 1.29 is 9.50 Å². The van der Waals surface area contributed by atoms with E-state index in [1.807, 2.05) is 11.9 Å². The fourth-order valence-corrected chi connectivity index (χ4v) is 4.78. The summed E-state index contributed by atoms with van der Waals surface area (Å²) >= 11 is 6.24. The number of nitrogens with zero attached hydrogens (tertiary/aromatic N) is 6. The van der Waals surface area contributed by atoms with Gasteiger partial charge in [-0.3, -0.25) is 9.78 Å². The Labute approximate surface area is 188 Å². The molecule has 11 heteroatoms. The van der Waals surface area contributed by atoms with Crippen LogP contribution in [0.25, 0.3) is 33.3 Å². The lowest BCUT2D eigenvalue weighted by Crippen LogP contribution is -2.41. The number of hydrogen-bond donors (Lipinski definition) is 3. The van der Waals surface area contributed by atoms with Crippen LogP contribution in [-0.2, 0) is 13.7 Å². The molecule has 168 valence electrons. The number of rotatable bonds is 4. The minimum absolute atomic E-state index is 0.154. The van der Waals surface area contributed by atoms with Gasteiger partial charge in [0.25, 0.3) is 0 Å². The smallest absolute Gasteiger partial charge is 0.177 e. The number of aliphatic hydroxyl groups is 1. The van der Waals surface area contributed by atoms with Gasteiger partial charge in [-0.2, -0.15) is 10.2 Å². The average molecular weight is 459 g/mol. The molecule has 0 radical (unpaired) electrons. The fourth-order valence-electron chi connectivity index (χ4n) is 4.56. The molecule has 1 aliphatic carbocycles. The number of hydrogen-bond acceptors (Lipinski definition) is 7. The molecule has 32 heavy (non-hydrogen) atoms. The molecule has 3 heterocycles. The Balaban J connectivity index is 1.61. The van der Waals surface area contributed by atoms with Crippen LogP contribution in [0, 0.1) is 5.82 Å². The maximum atomic E-state index is 15.4. The van der Waals surface area contributed by atoms with Crippen LogP contribution in [0.2, 0.25) is 5.15 Å². The number of aliphatic hydroxyl groups excluding tert-OH is 1. The summed E-state index contributed by atoms with van der Waals surface area (Å²) in [6.07, 6.45) is 3.92. The van der Waals surface area contributed by atoms with Crippen molar-refractivity contribution in [1.29, 1.82) is 0 Å². The van der Waals surface area contributed by atoms with Gasteiger partial charge in [0, 0.05) is 31.7 Å². The van der Waals surface area contributed by atoms with Crippen LogP contribution in [0.3, 0.4) is 0 Å². The van der Waals surface area contributed by atoms with E-state index >= 15 is 4.39 Å². The number of halogens is 2. The van der Waals surface area contributed by atoms with Crippen molar-refractivity contribution in [3.8, 4) is 11.3 Å². The number of H-pyrrole nitrogens is 1. The van der Waals surface area contributed by atoms with E-state index < -0.39 is 5.82 Å². The lowest BCUT2D eigenvalue weighted by Gasteiger charge is -2.35. The number of aromatic nitrogens is 6. The highest BCUT2D eigenvalue weighted by Crippen LogP contribution is 2.35. The second-order valence-electron chi connectivity index (χ2n) is 8.35. The van der Waals surface area contributed by atoms with Gasteiger partial charge in [-0.05, 0) is 37.8 Å². The van der Waals surface area contributed by atoms with Crippen molar-refractivity contribution in [3.63, 3.8) is 0 Å². The molecule has 2 atom stereocenters. The predicted octanol–water partition coefficient (Wildman–Crippen LogP) is 2.90. The Hall–Kier alpha value is -2.82. The zero-order valence-corrected chi connectivity index (χ0v) is 18.6. The Morgan fingerprint density at radius 2 is 2.16 bits per heavy atom. The molecule has 0 spiro atoms. The highest BCUT2D eigenvalue weighted by molar-refractivity contribution is 6.34. The summed E-state index contributed by atoms with van der Waals surface area (Å²) in [6.45, 7) is -0.304. The number of aryl methyl sites for hydroxylation is 1. The molecule has 9 nitrogen and oxygen atoms in total. The predicted molar refractivity (Wildman–Crippen MR) is 121 cm³/mol. The van der Waals surface area contributed by atoms with Gasteiger partial charge in [0.05, 0.1) is 17.5 Å². The van der Waals surface area contributed by atoms with Crippen LogP contribution < -0.4 is 10.6 Å². The SMILES string of the molecule is CN(c1nc2[nH]nc(-c3ccc4nn(C)c(Cl)c4c3F)c2nc1CO)[C@@H]1CCC[C@H](N)C1. The molecule has 0 saturated heterocycles. The second-order valence-corrected chi connectivity index (χ2v) is 8.71. The van der Waals surface area contributed by atoms with E-state index in [2.05, 4.69) is 25.3 Å². The van der Waals surface area contributed by atoms with Crippen LogP contribution in [0.5, 0.6) is 0 Å². The standard InChI is InChI=1S/C21H24ClFN8O/c1-30(11-5-3-4-10(24)8-11)21-14(9-32)25-18-17(27-28-20(18)26-21)12-6-7-13-15(16(12)23)19(22)31(2)29-13/h6-7,10-11,32H,3-5,8-9,24H2,1-2H3,(H,26,27,28)/t10-,11+/m0/s1. The molecule has 5 rings (SSSR count). The lowest BCUT2D eigenvalue weighted by atomic mass is 9.91. The molecule has 0 aliphatic heterocycles. The summed E-state index contributed by atoms with van der Waals surface area (Å²) < 4.78 is 16.8. The van der Waals surface area contributed by atoms with E-state index in [9.17, 15) is 5.11 Å². The number of benzene rings is 1. The van der Waals surface area contributed by atoms with Gasteiger partial charge in [-0.15, -0.1) is 0 Å². The minimum atomic E-state index is -0.529. The highest BCUT2D eigenvalue weighted by atomic mass is 35.5. The number of aromatic amines is 1. The van der Waals surface area contributed by atoms with Gasteiger partial charge in [0.1, 0.15) is 27.9 Å². The topological polar surface area (TPSA) is 122 Å². The van der Waals surface area contributed by atoms with Crippen molar-refractivity contribution >= 4 is 39.5 Å². The molecule has 0 amide bonds. The molecular weight excluding hydrogens is 435 g/mol. The Morgan fingerprint density at radius 1 is 1.34 bits per heavy atom. The van der Waals surface area contributed by atoms with Crippen molar-refractivity contribution in [3.05, 3.63) is 28.8 Å². The number of anilines is 1. The normalized spacial score (nSPS) is 19.2. The largest absolute Gasteiger partial charge is 0.390 e. The van der Waals surface area contributed by atoms with Crippen molar-refractivity contribution in [1.82, 2.24) is 29.9 Å². The Bertz CT molecular complexity index is 1320. The second kappa shape index (κ2) is 7.95. The van der Waals surface area contributed by atoms with E-state index in [1.54, 1.807) is 19.2 Å². The lowest BCUT2D eigenvalue weighted by molar-refractivity contribution is 0.276. The first-order chi connectivity index (χ1) is 15.4. The summed E-state index contributed by atoms with van der Waals surface area (Å²) in [4.78, 5) is 11.3. The average Bonchev–Trinajstić information content (AvgIpc) is 3.33. The maximum absolute atomic E-state index is 15.4. The molecular formula is C21H24ClFN8O. The van der Waals surface area contributed by atoms with Crippen LogP contribution in [-0.4, -0.2) is 54.2 Å². The van der Waals surface area contributed by atoms with E-state index in [0.29, 0.717) is 33.9 Å². The van der Waals surface area contributed by atoms with E-state index in [1.165, 1.54) is 4.68 Å². The summed E-state index contributed by atoms with van der Waals surface area (Å²) in [5.74, 6) is 0.0410. The molecule has 0 bridgehead atoms. The first kappa shape index (κ1) is 21.0. The Kier molecular flexibility index (Phi) is 5.23. The first-order valence-electron chi connectivity index (χ1n) is 10.5. The van der Waals surface area contributed by atoms with Crippen LogP contribution in [0.1, 0.15) is 31.4 Å². The summed E-state index contributed by atoms with van der Waals surface area (Å²) in [7, 11) is 3.59. The summed E-state index contributed by atoms with van der Waals surface area (Å²) in [5, 5.41) is 21.8. The van der Waals surface area contributed by atoms with Gasteiger partial charge in [0.2, 0.25) is 0 Å². The van der Waals surface area contributed by atoms with E-state index in [0.717, 1.165) is 25.7 Å². The Morgan fingerprint density at radius 3 is 2.91 bits per heavy atom. The van der Waals surface area contributed by atoms with Gasteiger partial charge in [-0.25, -0.2) is 14.4 Å². The molecule has 0 unspecified atom stereocenters. The van der Waals surface area contributed by atoms with Gasteiger partial charge in [0.15, 0.2) is 11.5 Å². The summed E-state index contributed by atoms with van der Waals surface area (Å²) in [5.41, 5.74) is 8.34. The van der Waals surface area contributed by atoms with Gasteiger partial charge in [-0.1, -0.05) is 11.6 Å². The monoisotopic (exact) mass is 458 g/mol. The van der Waals surface area contributed by atoms with E-state index in [-0.39, 0.29) is 34.8 Å². The van der Waals surface area contributed by atoms with Gasteiger partial charge >= 0.3 is 0 Å². The molecule has 1 saturated carbocycles. The molecule has 4 N–H and O–H groups in total. The minimum Gasteiger partial charge on any atom is -0.390 e. The quantitative estimate of drug-likeness (QED) is 0.429. The maximum Gasteiger partial charge on any atom is 0.177 e. The van der Waals surface area contributed by atoms with Crippen molar-refractivity contribution in [2.45, 2.75) is 44.4 Å². The van der Waals surface area contributed by atoms with Crippen LogP contribution in [0.15, 0.2) is 12.1 Å². The van der Waals surface area contributed by atoms with Gasteiger partial charge < -0.3 is 15.7 Å². The third-order valence-corrected chi connectivity index (χ3v) is 6.72. The van der Waals surface area contributed by atoms with Crippen molar-refractivity contribution in [2.24, 2.45) is 12.8 Å². The highest BCUT2D eigenvalue weighted by Gasteiger charge is 2.27. The van der Waals surface area contributed by atoms with Crippen LogP contribution in [0.4, 0.5) is 10.2 Å². The molecule has 1 aliphatic rings. The van der Waals surface area contributed by atoms with E-state index in [4.69, 9.17) is 17.3 Å². The fraction of sp³-hybridized carbons (Fsp3) is 0.429. The molecule has 1 aromatic carbocycles. The number of nitrogens with two attached hydrogens (primary N) is 1. The third kappa shape index (κ3) is 3.30. The number of nitrogens with one attached hydrogen (secondary N) is 1. The molecule has 4 aromatic rings. The molecule has 3 aromatic heterocycles. The number of fused-ring (bicyclic) bond motifs is 2. The zero-order chi connectivity index (χ0) is 22.6. The first-order valence-corrected chi connectivity index (χ1v) is 10.9. The summed E-state index contributed by atoms with van der Waals surface area (Å²) in [6, 6.07) is 3.65.